The number of carbonyl (C=O) groups excluding carboxylic acids is 1. The minimum Gasteiger partial charge on any atom is -0.379 e. The molecule has 4 fully saturated rings. The van der Waals surface area contributed by atoms with Gasteiger partial charge in [0.05, 0.1) is 0 Å². The molecule has 0 aliphatic heterocycles. The van der Waals surface area contributed by atoms with Gasteiger partial charge in [-0.15, -0.1) is 0 Å². The number of fused-ring (bicyclic) bond motifs is 3. The van der Waals surface area contributed by atoms with Crippen molar-refractivity contribution in [3.8, 4) is 0 Å². The van der Waals surface area contributed by atoms with E-state index in [4.69, 9.17) is 0 Å². The highest BCUT2D eigenvalue weighted by Crippen LogP contribution is 2.80. The Bertz CT molecular complexity index is 493. The van der Waals surface area contributed by atoms with Crippen LogP contribution >= 0.6 is 0 Å². The molecular weight excluding hydrogens is 276 g/mol. The second kappa shape index (κ2) is 5.07. The summed E-state index contributed by atoms with van der Waals surface area (Å²) in [6.07, 6.45) is 7.11. The summed E-state index contributed by atoms with van der Waals surface area (Å²) in [4.78, 5) is 11.4. The van der Waals surface area contributed by atoms with Crippen LogP contribution in [0.2, 0.25) is 0 Å². The molecule has 122 valence electrons. The number of nitrogens with one attached hydrogen (secondary N) is 2. The molecule has 1 amide bonds. The van der Waals surface area contributed by atoms with Crippen molar-refractivity contribution in [1.29, 1.82) is 0 Å². The summed E-state index contributed by atoms with van der Waals surface area (Å²) < 4.78 is 0. The lowest BCUT2D eigenvalue weighted by Gasteiger charge is -2.36. The molecule has 0 aromatic rings. The molecule has 8 atom stereocenters. The monoisotopic (exact) mass is 304 g/mol. The van der Waals surface area contributed by atoms with Crippen LogP contribution in [0.15, 0.2) is 12.7 Å². The van der Waals surface area contributed by atoms with Gasteiger partial charge in [0.25, 0.3) is 0 Å². The molecule has 0 aromatic carbocycles. The van der Waals surface area contributed by atoms with E-state index in [9.17, 15) is 9.90 Å². The van der Waals surface area contributed by atoms with Crippen molar-refractivity contribution in [2.45, 2.75) is 51.3 Å². The molecule has 0 heterocycles. The average Bonchev–Trinajstić information content (AvgIpc) is 2.95. The third-order valence-corrected chi connectivity index (χ3v) is 7.36. The normalized spacial score (nSPS) is 48.6. The minimum absolute atomic E-state index is 0.0428. The number of amides is 1. The van der Waals surface area contributed by atoms with Crippen LogP contribution in [0.25, 0.3) is 0 Å². The molecule has 4 heteroatoms. The fourth-order valence-electron chi connectivity index (χ4n) is 6.66. The zero-order valence-electron chi connectivity index (χ0n) is 13.4. The van der Waals surface area contributed by atoms with Crippen molar-refractivity contribution in [1.82, 2.24) is 10.6 Å². The van der Waals surface area contributed by atoms with Crippen molar-refractivity contribution in [2.75, 3.05) is 6.54 Å². The van der Waals surface area contributed by atoms with E-state index in [1.165, 1.54) is 31.8 Å². The third-order valence-electron chi connectivity index (χ3n) is 7.36. The summed E-state index contributed by atoms with van der Waals surface area (Å²) in [5.41, 5.74) is 0.500. The number of rotatable bonds is 6. The average molecular weight is 304 g/mol. The van der Waals surface area contributed by atoms with Gasteiger partial charge in [0.1, 0.15) is 6.23 Å². The molecule has 3 N–H and O–H groups in total. The Kier molecular flexibility index (Phi) is 3.39. The van der Waals surface area contributed by atoms with Gasteiger partial charge in [-0.2, -0.15) is 0 Å². The lowest BCUT2D eigenvalue weighted by Crippen LogP contribution is -2.41. The first-order chi connectivity index (χ1) is 10.6. The van der Waals surface area contributed by atoms with Gasteiger partial charge in [-0.3, -0.25) is 10.1 Å². The van der Waals surface area contributed by atoms with Gasteiger partial charge in [0.15, 0.2) is 0 Å². The standard InChI is InChI=1S/C18H28N2O2/c1-3-15(21)19-9-10-7-11-8-12(10)13-5-6-14-17(18(11,13)14)20-16(22)4-2/h3,10-14,16-17,20,22H,1,4-9H2,2H3,(H,19,21)/t10-,11?,12?,13?,14?,16?,17?,18?/m0/s1. The van der Waals surface area contributed by atoms with E-state index in [-0.39, 0.29) is 12.1 Å². The maximum atomic E-state index is 11.4. The molecule has 4 saturated carbocycles. The molecule has 0 saturated heterocycles. The maximum absolute atomic E-state index is 11.4. The van der Waals surface area contributed by atoms with Crippen LogP contribution in [-0.4, -0.2) is 29.8 Å². The summed E-state index contributed by atoms with van der Waals surface area (Å²) in [5, 5.41) is 16.5. The fraction of sp³-hybridized carbons (Fsp3) is 0.833. The SMILES string of the molecule is C=CC(=O)NC[C@@H]1CC2CC1C1CCC3C(NC(O)CC)C213. The number of carbonyl (C=O) groups is 1. The lowest BCUT2D eigenvalue weighted by atomic mass is 9.71. The van der Waals surface area contributed by atoms with Gasteiger partial charge in [-0.1, -0.05) is 13.5 Å². The number of aliphatic hydroxyl groups is 1. The molecule has 22 heavy (non-hydrogen) atoms. The van der Waals surface area contributed by atoms with Gasteiger partial charge in [0, 0.05) is 12.6 Å². The van der Waals surface area contributed by atoms with Crippen LogP contribution in [0.1, 0.15) is 39.0 Å². The number of hydrogen-bond donors (Lipinski definition) is 3. The van der Waals surface area contributed by atoms with Crippen LogP contribution < -0.4 is 10.6 Å². The third kappa shape index (κ3) is 1.80. The van der Waals surface area contributed by atoms with Crippen LogP contribution in [0, 0.1) is 35.0 Å². The Balaban J connectivity index is 1.43. The predicted octanol–water partition coefficient (Wildman–Crippen LogP) is 1.66. The molecule has 2 bridgehead atoms. The van der Waals surface area contributed by atoms with Crippen LogP contribution in [0.4, 0.5) is 0 Å². The highest BCUT2D eigenvalue weighted by atomic mass is 16.3. The smallest absolute Gasteiger partial charge is 0.243 e. The zero-order valence-corrected chi connectivity index (χ0v) is 13.4. The summed E-state index contributed by atoms with van der Waals surface area (Å²) in [7, 11) is 0. The molecule has 1 spiro atoms. The molecular formula is C18H28N2O2. The maximum Gasteiger partial charge on any atom is 0.243 e. The zero-order chi connectivity index (χ0) is 15.5. The fourth-order valence-corrected chi connectivity index (χ4v) is 6.66. The number of hydrogen-bond acceptors (Lipinski definition) is 3. The second-order valence-corrected chi connectivity index (χ2v) is 7.90. The van der Waals surface area contributed by atoms with Gasteiger partial charge in [-0.25, -0.2) is 0 Å². The Morgan fingerprint density at radius 3 is 2.91 bits per heavy atom. The van der Waals surface area contributed by atoms with Gasteiger partial charge in [-0.05, 0) is 73.2 Å². The van der Waals surface area contributed by atoms with Crippen LogP contribution in [0.5, 0.6) is 0 Å². The second-order valence-electron chi connectivity index (χ2n) is 7.90. The van der Waals surface area contributed by atoms with E-state index in [0.29, 0.717) is 17.4 Å². The van der Waals surface area contributed by atoms with Crippen molar-refractivity contribution < 1.29 is 9.90 Å². The Labute approximate surface area is 132 Å². The van der Waals surface area contributed by atoms with E-state index < -0.39 is 0 Å². The van der Waals surface area contributed by atoms with Crippen LogP contribution in [0.3, 0.4) is 0 Å². The molecule has 4 rings (SSSR count). The Morgan fingerprint density at radius 1 is 1.41 bits per heavy atom. The van der Waals surface area contributed by atoms with Crippen molar-refractivity contribution >= 4 is 5.91 Å². The molecule has 0 aromatic heterocycles. The quantitative estimate of drug-likeness (QED) is 0.516. The highest BCUT2D eigenvalue weighted by molar-refractivity contribution is 5.86. The summed E-state index contributed by atoms with van der Waals surface area (Å²) in [5.74, 6) is 3.83. The van der Waals surface area contributed by atoms with Gasteiger partial charge >= 0.3 is 0 Å². The van der Waals surface area contributed by atoms with E-state index in [1.807, 2.05) is 6.92 Å². The first-order valence-corrected chi connectivity index (χ1v) is 8.97. The predicted molar refractivity (Wildman–Crippen MR) is 84.8 cm³/mol. The Hall–Kier alpha value is -0.870. The lowest BCUT2D eigenvalue weighted by molar-refractivity contribution is -0.116. The largest absolute Gasteiger partial charge is 0.379 e. The van der Waals surface area contributed by atoms with E-state index in [0.717, 1.165) is 36.6 Å². The summed E-state index contributed by atoms with van der Waals surface area (Å²) in [6.45, 7) is 6.38. The van der Waals surface area contributed by atoms with Crippen molar-refractivity contribution in [3.63, 3.8) is 0 Å². The first kappa shape index (κ1) is 14.7. The summed E-state index contributed by atoms with van der Waals surface area (Å²) >= 11 is 0. The van der Waals surface area contributed by atoms with E-state index in [1.54, 1.807) is 0 Å². The van der Waals surface area contributed by atoms with E-state index >= 15 is 0 Å². The van der Waals surface area contributed by atoms with Gasteiger partial charge in [0.2, 0.25) is 5.91 Å². The highest BCUT2D eigenvalue weighted by Gasteiger charge is 2.79. The summed E-state index contributed by atoms with van der Waals surface area (Å²) in [6, 6.07) is 0.555. The Morgan fingerprint density at radius 2 is 2.18 bits per heavy atom. The van der Waals surface area contributed by atoms with Gasteiger partial charge < -0.3 is 10.4 Å². The van der Waals surface area contributed by atoms with Crippen molar-refractivity contribution in [2.24, 2.45) is 35.0 Å². The van der Waals surface area contributed by atoms with Crippen molar-refractivity contribution in [3.05, 3.63) is 12.7 Å². The molecule has 4 aliphatic carbocycles. The molecule has 4 nitrogen and oxygen atoms in total. The minimum atomic E-state index is -0.340. The molecule has 4 aliphatic rings. The topological polar surface area (TPSA) is 61.4 Å². The first-order valence-electron chi connectivity index (χ1n) is 8.97. The number of aliphatic hydroxyl groups excluding tert-OH is 1. The van der Waals surface area contributed by atoms with E-state index in [2.05, 4.69) is 17.2 Å². The molecule has 0 radical (unpaired) electrons. The van der Waals surface area contributed by atoms with Crippen LogP contribution in [-0.2, 0) is 4.79 Å². The molecule has 7 unspecified atom stereocenters.